The van der Waals surface area contributed by atoms with E-state index < -0.39 is 36.1 Å². The Morgan fingerprint density at radius 2 is 1.94 bits per heavy atom. The van der Waals surface area contributed by atoms with Crippen LogP contribution >= 0.6 is 11.8 Å². The highest BCUT2D eigenvalue weighted by atomic mass is 32.2. The van der Waals surface area contributed by atoms with E-state index in [9.17, 15) is 18.0 Å². The molecule has 34 heavy (non-hydrogen) atoms. The highest BCUT2D eigenvalue weighted by molar-refractivity contribution is 7.99. The van der Waals surface area contributed by atoms with Gasteiger partial charge in [0, 0.05) is 18.1 Å². The van der Waals surface area contributed by atoms with Gasteiger partial charge in [-0.2, -0.15) is 13.2 Å². The lowest BCUT2D eigenvalue weighted by Crippen LogP contribution is -2.35. The third kappa shape index (κ3) is 4.67. The smallest absolute Gasteiger partial charge is 0.416 e. The van der Waals surface area contributed by atoms with Crippen LogP contribution in [-0.4, -0.2) is 67.8 Å². The van der Waals surface area contributed by atoms with Crippen LogP contribution in [0.5, 0.6) is 0 Å². The predicted octanol–water partition coefficient (Wildman–Crippen LogP) is 2.59. The summed E-state index contributed by atoms with van der Waals surface area (Å²) in [5.41, 5.74) is -0.924. The molecule has 0 saturated carbocycles. The van der Waals surface area contributed by atoms with E-state index in [-0.39, 0.29) is 24.9 Å². The van der Waals surface area contributed by atoms with Gasteiger partial charge in [0.25, 0.3) is 0 Å². The van der Waals surface area contributed by atoms with Crippen molar-refractivity contribution >= 4 is 23.5 Å². The minimum absolute atomic E-state index is 0.0426. The van der Waals surface area contributed by atoms with Crippen LogP contribution in [0.4, 0.5) is 23.7 Å². The van der Waals surface area contributed by atoms with Crippen LogP contribution in [0, 0.1) is 0 Å². The molecular formula is C19H16F3N7O4S. The normalized spacial score (nSPS) is 24.1. The molecule has 11 nitrogen and oxygen atoms in total. The SMILES string of the molecule is O=C(Nc1cccc(C(F)(F)F)c1)OC1COC2C1OCC2n1nnnc1Sc1ncccn1. The van der Waals surface area contributed by atoms with Crippen LogP contribution in [0.1, 0.15) is 11.6 Å². The Kier molecular flexibility index (Phi) is 6.05. The molecule has 0 aliphatic carbocycles. The average molecular weight is 495 g/mol. The van der Waals surface area contributed by atoms with E-state index >= 15 is 0 Å². The number of fused-ring (bicyclic) bond motifs is 1. The zero-order valence-electron chi connectivity index (χ0n) is 17.1. The summed E-state index contributed by atoms with van der Waals surface area (Å²) in [7, 11) is 0. The number of hydrogen-bond donors (Lipinski definition) is 1. The molecule has 4 heterocycles. The number of tetrazole rings is 1. The molecule has 1 aromatic carbocycles. The monoisotopic (exact) mass is 495 g/mol. The first-order chi connectivity index (χ1) is 16.4. The van der Waals surface area contributed by atoms with Gasteiger partial charge in [0.15, 0.2) is 11.3 Å². The Labute approximate surface area is 194 Å². The van der Waals surface area contributed by atoms with Gasteiger partial charge < -0.3 is 14.2 Å². The molecule has 0 radical (unpaired) electrons. The lowest BCUT2D eigenvalue weighted by atomic mass is 10.1. The van der Waals surface area contributed by atoms with E-state index in [1.165, 1.54) is 23.9 Å². The maximum Gasteiger partial charge on any atom is 0.416 e. The van der Waals surface area contributed by atoms with Crippen LogP contribution in [0.15, 0.2) is 53.0 Å². The number of carbonyl (C=O) groups excluding carboxylic acids is 1. The van der Waals surface area contributed by atoms with E-state index in [1.54, 1.807) is 23.1 Å². The van der Waals surface area contributed by atoms with Crippen molar-refractivity contribution in [3.05, 3.63) is 48.3 Å². The summed E-state index contributed by atoms with van der Waals surface area (Å²) in [4.78, 5) is 20.6. The molecule has 5 rings (SSSR count). The molecule has 1 amide bonds. The fraction of sp³-hybridized carbons (Fsp3) is 0.368. The molecule has 2 aliphatic rings. The number of halogens is 3. The van der Waals surface area contributed by atoms with Crippen LogP contribution in [0.2, 0.25) is 0 Å². The van der Waals surface area contributed by atoms with E-state index in [2.05, 4.69) is 30.8 Å². The highest BCUT2D eigenvalue weighted by Gasteiger charge is 2.51. The van der Waals surface area contributed by atoms with Gasteiger partial charge in [0.1, 0.15) is 18.2 Å². The quantitative estimate of drug-likeness (QED) is 0.528. The van der Waals surface area contributed by atoms with E-state index in [1.807, 2.05) is 0 Å². The van der Waals surface area contributed by atoms with Crippen molar-refractivity contribution in [1.82, 2.24) is 30.2 Å². The van der Waals surface area contributed by atoms with Crippen LogP contribution in [0.25, 0.3) is 0 Å². The zero-order valence-corrected chi connectivity index (χ0v) is 17.9. The minimum Gasteiger partial charge on any atom is -0.441 e. The van der Waals surface area contributed by atoms with Crippen molar-refractivity contribution in [1.29, 1.82) is 0 Å². The molecule has 15 heteroatoms. The van der Waals surface area contributed by atoms with Crippen LogP contribution in [-0.2, 0) is 20.4 Å². The number of anilines is 1. The highest BCUT2D eigenvalue weighted by Crippen LogP contribution is 2.37. The number of rotatable bonds is 5. The number of carbonyl (C=O) groups is 1. The Morgan fingerprint density at radius 3 is 2.74 bits per heavy atom. The second kappa shape index (κ2) is 9.15. The zero-order chi connectivity index (χ0) is 23.7. The molecule has 2 aliphatic heterocycles. The summed E-state index contributed by atoms with van der Waals surface area (Å²) in [6.07, 6.45) is -4.08. The Bertz CT molecular complexity index is 1170. The number of ether oxygens (including phenoxy) is 3. The standard InChI is InChI=1S/C19H16F3N7O4S/c20-19(21,22)10-3-1-4-11(7-10)25-18(30)33-13-9-32-14-12(8-31-15(13)14)29-17(26-27-28-29)34-16-23-5-2-6-24-16/h1-7,12-15H,8-9H2,(H,25,30). The molecule has 178 valence electrons. The number of nitrogens with zero attached hydrogens (tertiary/aromatic N) is 6. The van der Waals surface area contributed by atoms with Crippen molar-refractivity contribution in [3.63, 3.8) is 0 Å². The molecule has 4 atom stereocenters. The van der Waals surface area contributed by atoms with E-state index in [0.29, 0.717) is 10.3 Å². The van der Waals surface area contributed by atoms with Gasteiger partial charge in [-0.05, 0) is 46.5 Å². The van der Waals surface area contributed by atoms with Crippen molar-refractivity contribution in [3.8, 4) is 0 Å². The number of hydrogen-bond acceptors (Lipinski definition) is 10. The molecule has 2 fully saturated rings. The molecule has 1 N–H and O–H groups in total. The summed E-state index contributed by atoms with van der Waals surface area (Å²) < 4.78 is 57.2. The molecule has 3 aromatic rings. The minimum atomic E-state index is -4.53. The first-order valence-electron chi connectivity index (χ1n) is 9.99. The summed E-state index contributed by atoms with van der Waals surface area (Å²) in [5, 5.41) is 15.0. The Morgan fingerprint density at radius 1 is 1.15 bits per heavy atom. The van der Waals surface area contributed by atoms with Gasteiger partial charge in [-0.15, -0.1) is 5.10 Å². The number of benzene rings is 1. The molecular weight excluding hydrogens is 479 g/mol. The summed E-state index contributed by atoms with van der Waals surface area (Å²) in [6, 6.07) is 5.57. The third-order valence-electron chi connectivity index (χ3n) is 5.18. The number of aromatic nitrogens is 6. The topological polar surface area (TPSA) is 126 Å². The number of nitrogens with one attached hydrogen (secondary N) is 1. The van der Waals surface area contributed by atoms with Gasteiger partial charge in [0.05, 0.1) is 18.8 Å². The summed E-state index contributed by atoms with van der Waals surface area (Å²) >= 11 is 1.18. The molecule has 2 saturated heterocycles. The summed E-state index contributed by atoms with van der Waals surface area (Å²) in [6.45, 7) is 0.257. The first kappa shape index (κ1) is 22.5. The molecule has 0 bridgehead atoms. The van der Waals surface area contributed by atoms with Gasteiger partial charge in [-0.3, -0.25) is 5.32 Å². The average Bonchev–Trinajstić information content (AvgIpc) is 3.52. The van der Waals surface area contributed by atoms with E-state index in [4.69, 9.17) is 14.2 Å². The second-order valence-corrected chi connectivity index (χ2v) is 8.28. The van der Waals surface area contributed by atoms with Gasteiger partial charge in [-0.1, -0.05) is 6.07 Å². The predicted molar refractivity (Wildman–Crippen MR) is 108 cm³/mol. The largest absolute Gasteiger partial charge is 0.441 e. The van der Waals surface area contributed by atoms with Gasteiger partial charge in [-0.25, -0.2) is 19.4 Å². The first-order valence-corrected chi connectivity index (χ1v) is 10.8. The van der Waals surface area contributed by atoms with Crippen molar-refractivity contribution < 1.29 is 32.2 Å². The van der Waals surface area contributed by atoms with Crippen molar-refractivity contribution in [2.45, 2.75) is 40.8 Å². The fourth-order valence-corrected chi connectivity index (χ4v) is 4.43. The fourth-order valence-electron chi connectivity index (χ4n) is 3.69. The van der Waals surface area contributed by atoms with Crippen LogP contribution in [0.3, 0.4) is 0 Å². The molecule has 2 aromatic heterocycles. The Hall–Kier alpha value is -3.30. The van der Waals surface area contributed by atoms with E-state index in [0.717, 1.165) is 12.1 Å². The number of alkyl halides is 3. The third-order valence-corrected chi connectivity index (χ3v) is 6.02. The summed E-state index contributed by atoms with van der Waals surface area (Å²) in [5.74, 6) is 0. The molecule has 4 unspecified atom stereocenters. The number of amides is 1. The van der Waals surface area contributed by atoms with Gasteiger partial charge >= 0.3 is 12.3 Å². The van der Waals surface area contributed by atoms with Gasteiger partial charge in [0.2, 0.25) is 5.16 Å². The second-order valence-electron chi connectivity index (χ2n) is 7.35. The van der Waals surface area contributed by atoms with Crippen molar-refractivity contribution in [2.24, 2.45) is 0 Å². The maximum atomic E-state index is 12.9. The van der Waals surface area contributed by atoms with Crippen molar-refractivity contribution in [2.75, 3.05) is 18.5 Å². The lowest BCUT2D eigenvalue weighted by molar-refractivity contribution is -0.137. The lowest BCUT2D eigenvalue weighted by Gasteiger charge is -2.18. The maximum absolute atomic E-state index is 12.9. The Balaban J connectivity index is 1.22. The van der Waals surface area contributed by atoms with Crippen LogP contribution < -0.4 is 5.32 Å². The molecule has 0 spiro atoms.